The first-order chi connectivity index (χ1) is 10.8. The van der Waals surface area contributed by atoms with Crippen LogP contribution < -0.4 is 0 Å². The first kappa shape index (κ1) is 21.1. The number of nitrogens with zero attached hydrogens (tertiary/aromatic N) is 2. The minimum atomic E-state index is 0. The zero-order valence-corrected chi connectivity index (χ0v) is 18.3. The van der Waals surface area contributed by atoms with Crippen molar-refractivity contribution in [3.8, 4) is 11.1 Å². The second kappa shape index (κ2) is 7.98. The molecule has 0 amide bonds. The molecule has 0 unspecified atom stereocenters. The zero-order valence-electron chi connectivity index (χ0n) is 16.7. The Kier molecular flexibility index (Phi) is 7.03. The van der Waals surface area contributed by atoms with Crippen LogP contribution in [-0.2, 0) is 33.3 Å². The summed E-state index contributed by atoms with van der Waals surface area (Å²) < 4.78 is 2.23. The molecule has 2 rings (SSSR count). The maximum atomic E-state index is 4.96. The van der Waals surface area contributed by atoms with Crippen molar-refractivity contribution < 1.29 is 20.4 Å². The van der Waals surface area contributed by atoms with Gasteiger partial charge in [0.25, 0.3) is 0 Å². The third kappa shape index (κ3) is 3.26. The molecule has 0 saturated heterocycles. The maximum absolute atomic E-state index is 4.96. The molecule has 0 aliphatic rings. The average molecular weight is 419 g/mol. The average Bonchev–Trinajstić information content (AvgIpc) is 2.90. The Labute approximate surface area is 161 Å². The van der Waals surface area contributed by atoms with Crippen LogP contribution in [-0.4, -0.2) is 9.78 Å². The molecule has 0 atom stereocenters. The summed E-state index contributed by atoms with van der Waals surface area (Å²) in [6, 6.07) is 0.400. The molecular weight excluding hydrogens is 387 g/mol. The van der Waals surface area contributed by atoms with Crippen LogP contribution in [0.4, 0.5) is 0 Å². The van der Waals surface area contributed by atoms with Gasteiger partial charge in [0.15, 0.2) is 0 Å². The Morgan fingerprint density at radius 3 is 1.58 bits per heavy atom. The van der Waals surface area contributed by atoms with Gasteiger partial charge in [-0.3, -0.25) is 4.68 Å². The fourth-order valence-corrected chi connectivity index (χ4v) is 3.70. The van der Waals surface area contributed by atoms with Gasteiger partial charge in [0, 0.05) is 37.7 Å². The summed E-state index contributed by atoms with van der Waals surface area (Å²) in [7, 11) is 0. The predicted molar refractivity (Wildman–Crippen MR) is 100 cm³/mol. The van der Waals surface area contributed by atoms with E-state index in [1.165, 1.54) is 50.3 Å². The van der Waals surface area contributed by atoms with E-state index in [0.717, 1.165) is 12.8 Å². The van der Waals surface area contributed by atoms with E-state index < -0.39 is 0 Å². The molecule has 0 N–H and O–H groups in total. The van der Waals surface area contributed by atoms with Gasteiger partial charge in [-0.25, -0.2) is 0 Å². The van der Waals surface area contributed by atoms with Gasteiger partial charge in [0.2, 0.25) is 0 Å². The van der Waals surface area contributed by atoms with Crippen molar-refractivity contribution >= 4 is 0 Å². The van der Waals surface area contributed by atoms with Crippen LogP contribution in [0.25, 0.3) is 11.1 Å². The van der Waals surface area contributed by atoms with Gasteiger partial charge in [-0.1, -0.05) is 13.8 Å². The number of rotatable bonds is 4. The van der Waals surface area contributed by atoms with Crippen molar-refractivity contribution in [2.75, 3.05) is 0 Å². The molecule has 0 bridgehead atoms. The first-order valence-electron chi connectivity index (χ1n) is 8.93. The van der Waals surface area contributed by atoms with E-state index >= 15 is 0 Å². The summed E-state index contributed by atoms with van der Waals surface area (Å²) in [6.07, 6.45) is 2.00. The smallest absolute Gasteiger partial charge is 0.0703 e. The van der Waals surface area contributed by atoms with Gasteiger partial charge in [0.05, 0.1) is 5.69 Å². The quantitative estimate of drug-likeness (QED) is 0.574. The number of hydrogen-bond donors (Lipinski definition) is 0. The van der Waals surface area contributed by atoms with Gasteiger partial charge in [-0.15, -0.1) is 0 Å². The van der Waals surface area contributed by atoms with Gasteiger partial charge in [0.1, 0.15) is 0 Å². The van der Waals surface area contributed by atoms with E-state index in [0.29, 0.717) is 6.04 Å². The first-order valence-corrected chi connectivity index (χ1v) is 8.93. The van der Waals surface area contributed by atoms with Gasteiger partial charge in [-0.2, -0.15) is 5.10 Å². The molecule has 136 valence electrons. The van der Waals surface area contributed by atoms with Crippen LogP contribution in [0.3, 0.4) is 0 Å². The van der Waals surface area contributed by atoms with Crippen molar-refractivity contribution in [2.45, 2.75) is 81.2 Å². The standard InChI is InChI=1S/C21H32N2.Pd/c1-10-18-21(19(11-2)23(22-18)12(3)4)20-16(8)14(6)13(5)15(7)17(20)9;/h12H,10-11H2,1-9H3;. The molecule has 0 fully saturated rings. The van der Waals surface area contributed by atoms with Crippen LogP contribution in [0, 0.1) is 34.6 Å². The van der Waals surface area contributed by atoms with E-state index in [9.17, 15) is 0 Å². The SMILES string of the molecule is CCc1nn(C(C)C)c(CC)c1-c1c(C)c(C)c(C)c(C)c1C.[Pd]. The molecule has 0 aliphatic carbocycles. The fourth-order valence-electron chi connectivity index (χ4n) is 3.70. The van der Waals surface area contributed by atoms with Crippen molar-refractivity contribution in [2.24, 2.45) is 0 Å². The van der Waals surface area contributed by atoms with Gasteiger partial charge >= 0.3 is 0 Å². The van der Waals surface area contributed by atoms with Crippen LogP contribution in [0.15, 0.2) is 0 Å². The number of aryl methyl sites for hydroxylation is 1. The van der Waals surface area contributed by atoms with E-state index in [4.69, 9.17) is 5.10 Å². The van der Waals surface area contributed by atoms with Crippen molar-refractivity contribution in [1.29, 1.82) is 0 Å². The van der Waals surface area contributed by atoms with Crippen molar-refractivity contribution in [3.63, 3.8) is 0 Å². The van der Waals surface area contributed by atoms with Crippen LogP contribution in [0.1, 0.15) is 72.9 Å². The molecule has 2 aromatic rings. The zero-order chi connectivity index (χ0) is 17.5. The summed E-state index contributed by atoms with van der Waals surface area (Å²) in [6.45, 7) is 20.2. The number of hydrogen-bond acceptors (Lipinski definition) is 1. The normalized spacial score (nSPS) is 11.1. The second-order valence-electron chi connectivity index (χ2n) is 7.01. The Bertz CT molecular complexity index is 710. The van der Waals surface area contributed by atoms with Crippen LogP contribution >= 0.6 is 0 Å². The second-order valence-corrected chi connectivity index (χ2v) is 7.01. The summed E-state index contributed by atoms with van der Waals surface area (Å²) in [5, 5.41) is 4.96. The van der Waals surface area contributed by atoms with E-state index in [2.05, 4.69) is 67.0 Å². The van der Waals surface area contributed by atoms with E-state index in [1.807, 2.05) is 0 Å². The van der Waals surface area contributed by atoms with E-state index in [-0.39, 0.29) is 20.4 Å². The summed E-state index contributed by atoms with van der Waals surface area (Å²) in [5.41, 5.74) is 12.5. The molecule has 1 heterocycles. The maximum Gasteiger partial charge on any atom is 0.0703 e. The summed E-state index contributed by atoms with van der Waals surface area (Å²) in [5.74, 6) is 0. The van der Waals surface area contributed by atoms with Crippen LogP contribution in [0.2, 0.25) is 0 Å². The molecule has 2 nitrogen and oxygen atoms in total. The molecule has 3 heteroatoms. The topological polar surface area (TPSA) is 17.8 Å². The molecule has 0 spiro atoms. The minimum absolute atomic E-state index is 0. The predicted octanol–water partition coefficient (Wildman–Crippen LogP) is 5.80. The van der Waals surface area contributed by atoms with Crippen molar-refractivity contribution in [1.82, 2.24) is 9.78 Å². The number of benzene rings is 1. The third-order valence-electron chi connectivity index (χ3n) is 5.49. The largest absolute Gasteiger partial charge is 0.266 e. The molecule has 0 aliphatic heterocycles. The fraction of sp³-hybridized carbons (Fsp3) is 0.571. The van der Waals surface area contributed by atoms with E-state index in [1.54, 1.807) is 0 Å². The molecule has 0 radical (unpaired) electrons. The molecule has 24 heavy (non-hydrogen) atoms. The third-order valence-corrected chi connectivity index (χ3v) is 5.49. The monoisotopic (exact) mass is 418 g/mol. The van der Waals surface area contributed by atoms with Crippen molar-refractivity contribution in [3.05, 3.63) is 39.2 Å². The van der Waals surface area contributed by atoms with Crippen LogP contribution in [0.5, 0.6) is 0 Å². The molecule has 1 aromatic heterocycles. The Balaban J connectivity index is 0.00000288. The summed E-state index contributed by atoms with van der Waals surface area (Å²) in [4.78, 5) is 0. The Morgan fingerprint density at radius 1 is 0.750 bits per heavy atom. The number of aromatic nitrogens is 2. The van der Waals surface area contributed by atoms with Gasteiger partial charge < -0.3 is 0 Å². The molecular formula is C21H32N2Pd. The Morgan fingerprint density at radius 2 is 1.21 bits per heavy atom. The Hall–Kier alpha value is -0.908. The molecule has 1 aromatic carbocycles. The molecule has 0 saturated carbocycles. The van der Waals surface area contributed by atoms with Gasteiger partial charge in [-0.05, 0) is 94.7 Å². The minimum Gasteiger partial charge on any atom is -0.266 e. The summed E-state index contributed by atoms with van der Waals surface area (Å²) >= 11 is 0.